The average Bonchev–Trinajstić information content (AvgIpc) is 2.46. The highest BCUT2D eigenvalue weighted by molar-refractivity contribution is 7.74. The summed E-state index contributed by atoms with van der Waals surface area (Å²) in [4.78, 5) is 2.42. The number of hydrogen-bond donors (Lipinski definition) is 1. The standard InChI is InChI=1S/C15H23NO3S/c17-20(18)19-12-4-9-16-10-7-15(8-11-16)13-14-5-2-1-3-6-14/h1-3,5-6,15H,4,7-13H2,(H,17,18). The molecule has 20 heavy (non-hydrogen) atoms. The highest BCUT2D eigenvalue weighted by atomic mass is 32.2. The van der Waals surface area contributed by atoms with Crippen molar-refractivity contribution in [1.29, 1.82) is 0 Å². The van der Waals surface area contributed by atoms with Crippen LogP contribution in [-0.4, -0.2) is 39.9 Å². The summed E-state index contributed by atoms with van der Waals surface area (Å²) >= 11 is -2.12. The molecule has 1 N–H and O–H groups in total. The van der Waals surface area contributed by atoms with Gasteiger partial charge in [0.2, 0.25) is 0 Å². The van der Waals surface area contributed by atoms with E-state index in [9.17, 15) is 4.21 Å². The molecule has 112 valence electrons. The second-order valence-electron chi connectivity index (χ2n) is 5.37. The molecule has 0 spiro atoms. The van der Waals surface area contributed by atoms with E-state index in [1.807, 2.05) is 0 Å². The highest BCUT2D eigenvalue weighted by Crippen LogP contribution is 2.21. The van der Waals surface area contributed by atoms with Crippen LogP contribution in [0.4, 0.5) is 0 Å². The fourth-order valence-electron chi connectivity index (χ4n) is 2.78. The number of hydrogen-bond acceptors (Lipinski definition) is 3. The van der Waals surface area contributed by atoms with E-state index in [1.165, 1.54) is 24.8 Å². The van der Waals surface area contributed by atoms with Gasteiger partial charge in [-0.1, -0.05) is 30.3 Å². The zero-order valence-electron chi connectivity index (χ0n) is 11.7. The molecule has 1 heterocycles. The topological polar surface area (TPSA) is 49.8 Å². The van der Waals surface area contributed by atoms with Crippen LogP contribution in [0, 0.1) is 5.92 Å². The van der Waals surface area contributed by atoms with Crippen LogP contribution in [0.1, 0.15) is 24.8 Å². The summed E-state index contributed by atoms with van der Waals surface area (Å²) in [6.07, 6.45) is 4.47. The molecule has 0 amide bonds. The van der Waals surface area contributed by atoms with E-state index in [0.29, 0.717) is 6.61 Å². The average molecular weight is 297 g/mol. The SMILES string of the molecule is O=S(O)OCCCN1CCC(Cc2ccccc2)CC1. The molecule has 1 atom stereocenters. The number of rotatable bonds is 7. The van der Waals surface area contributed by atoms with E-state index in [-0.39, 0.29) is 0 Å². The van der Waals surface area contributed by atoms with Gasteiger partial charge in [-0.05, 0) is 50.3 Å². The van der Waals surface area contributed by atoms with Gasteiger partial charge >= 0.3 is 11.4 Å². The number of likely N-dealkylation sites (tertiary alicyclic amines) is 1. The van der Waals surface area contributed by atoms with Crippen molar-refractivity contribution in [2.45, 2.75) is 25.7 Å². The largest absolute Gasteiger partial charge is 0.303 e. The van der Waals surface area contributed by atoms with Crippen molar-refractivity contribution in [2.24, 2.45) is 5.92 Å². The lowest BCUT2D eigenvalue weighted by atomic mass is 9.90. The lowest BCUT2D eigenvalue weighted by Gasteiger charge is -2.31. The van der Waals surface area contributed by atoms with E-state index in [2.05, 4.69) is 39.4 Å². The van der Waals surface area contributed by atoms with E-state index in [1.54, 1.807) is 0 Å². The molecule has 0 bridgehead atoms. The summed E-state index contributed by atoms with van der Waals surface area (Å²) in [6, 6.07) is 10.7. The molecule has 2 rings (SSSR count). The minimum Gasteiger partial charge on any atom is -0.303 e. The third kappa shape index (κ3) is 5.71. The van der Waals surface area contributed by atoms with Gasteiger partial charge in [0, 0.05) is 6.54 Å². The highest BCUT2D eigenvalue weighted by Gasteiger charge is 2.18. The maximum Gasteiger partial charge on any atom is 0.301 e. The van der Waals surface area contributed by atoms with Gasteiger partial charge < -0.3 is 4.90 Å². The Labute approximate surface area is 123 Å². The van der Waals surface area contributed by atoms with Crippen molar-refractivity contribution in [3.63, 3.8) is 0 Å². The summed E-state index contributed by atoms with van der Waals surface area (Å²) in [7, 11) is 0. The first-order chi connectivity index (χ1) is 9.74. The third-order valence-electron chi connectivity index (χ3n) is 3.88. The van der Waals surface area contributed by atoms with Gasteiger partial charge in [0.25, 0.3) is 0 Å². The Bertz CT molecular complexity index is 405. The normalized spacial score (nSPS) is 19.1. The zero-order valence-corrected chi connectivity index (χ0v) is 12.6. The van der Waals surface area contributed by atoms with Crippen molar-refractivity contribution >= 4 is 11.4 Å². The smallest absolute Gasteiger partial charge is 0.301 e. The predicted molar refractivity (Wildman–Crippen MR) is 80.7 cm³/mol. The summed E-state index contributed by atoms with van der Waals surface area (Å²) < 4.78 is 23.5. The molecular weight excluding hydrogens is 274 g/mol. The molecule has 1 aliphatic rings. The van der Waals surface area contributed by atoms with Gasteiger partial charge in [-0.15, -0.1) is 0 Å². The molecule has 1 unspecified atom stereocenters. The minimum absolute atomic E-state index is 0.354. The molecular formula is C15H23NO3S. The summed E-state index contributed by atoms with van der Waals surface area (Å²) in [5.74, 6) is 0.787. The maximum atomic E-state index is 10.3. The lowest BCUT2D eigenvalue weighted by Crippen LogP contribution is -2.35. The second-order valence-corrected chi connectivity index (χ2v) is 6.04. The van der Waals surface area contributed by atoms with Crippen LogP contribution >= 0.6 is 0 Å². The quantitative estimate of drug-likeness (QED) is 0.620. The molecule has 5 heteroatoms. The van der Waals surface area contributed by atoms with Crippen molar-refractivity contribution in [3.8, 4) is 0 Å². The Morgan fingerprint density at radius 3 is 2.60 bits per heavy atom. The molecule has 0 radical (unpaired) electrons. The van der Waals surface area contributed by atoms with Crippen molar-refractivity contribution in [2.75, 3.05) is 26.2 Å². The Balaban J connectivity index is 1.61. The van der Waals surface area contributed by atoms with Crippen molar-refractivity contribution in [1.82, 2.24) is 4.90 Å². The molecule has 1 aliphatic heterocycles. The monoisotopic (exact) mass is 297 g/mol. The van der Waals surface area contributed by atoms with Gasteiger partial charge in [0.1, 0.15) is 0 Å². The van der Waals surface area contributed by atoms with Gasteiger partial charge in [-0.2, -0.15) is 4.21 Å². The third-order valence-corrected chi connectivity index (χ3v) is 4.25. The Morgan fingerprint density at radius 1 is 1.25 bits per heavy atom. The first kappa shape index (κ1) is 15.6. The number of piperidine rings is 1. The second kappa shape index (κ2) is 8.52. The first-order valence-corrected chi connectivity index (χ1v) is 8.27. The Kier molecular flexibility index (Phi) is 6.66. The van der Waals surface area contributed by atoms with E-state index in [0.717, 1.165) is 32.0 Å². The Morgan fingerprint density at radius 2 is 1.95 bits per heavy atom. The zero-order chi connectivity index (χ0) is 14.2. The predicted octanol–water partition coefficient (Wildman–Crippen LogP) is 2.48. The van der Waals surface area contributed by atoms with Gasteiger partial charge in [0.05, 0.1) is 6.61 Å². The van der Waals surface area contributed by atoms with E-state index in [4.69, 9.17) is 4.55 Å². The minimum atomic E-state index is -2.12. The van der Waals surface area contributed by atoms with Gasteiger partial charge in [0.15, 0.2) is 0 Å². The van der Waals surface area contributed by atoms with Gasteiger partial charge in [-0.25, -0.2) is 0 Å². The van der Waals surface area contributed by atoms with Crippen molar-refractivity contribution in [3.05, 3.63) is 35.9 Å². The molecule has 1 aromatic carbocycles. The van der Waals surface area contributed by atoms with Crippen LogP contribution in [0.3, 0.4) is 0 Å². The summed E-state index contributed by atoms with van der Waals surface area (Å²) in [5, 5.41) is 0. The van der Waals surface area contributed by atoms with Crippen LogP contribution < -0.4 is 0 Å². The van der Waals surface area contributed by atoms with E-state index >= 15 is 0 Å². The maximum absolute atomic E-state index is 10.3. The molecule has 1 fully saturated rings. The fourth-order valence-corrected chi connectivity index (χ4v) is 3.04. The van der Waals surface area contributed by atoms with Crippen LogP contribution in [0.5, 0.6) is 0 Å². The fraction of sp³-hybridized carbons (Fsp3) is 0.600. The van der Waals surface area contributed by atoms with Crippen LogP contribution in [0.2, 0.25) is 0 Å². The summed E-state index contributed by atoms with van der Waals surface area (Å²) in [5.41, 5.74) is 1.43. The molecule has 4 nitrogen and oxygen atoms in total. The molecule has 0 saturated carbocycles. The summed E-state index contributed by atoms with van der Waals surface area (Å²) in [6.45, 7) is 3.56. The van der Waals surface area contributed by atoms with Crippen LogP contribution in [0.15, 0.2) is 30.3 Å². The Hall–Kier alpha value is -0.750. The van der Waals surface area contributed by atoms with Crippen molar-refractivity contribution < 1.29 is 12.9 Å². The molecule has 1 saturated heterocycles. The van der Waals surface area contributed by atoms with E-state index < -0.39 is 11.4 Å². The lowest BCUT2D eigenvalue weighted by molar-refractivity contribution is 0.171. The first-order valence-electron chi connectivity index (χ1n) is 7.24. The molecule has 1 aromatic rings. The van der Waals surface area contributed by atoms with Crippen LogP contribution in [-0.2, 0) is 22.0 Å². The van der Waals surface area contributed by atoms with Crippen LogP contribution in [0.25, 0.3) is 0 Å². The number of nitrogens with zero attached hydrogens (tertiary/aromatic N) is 1. The molecule has 0 aliphatic carbocycles. The molecule has 0 aromatic heterocycles. The number of benzene rings is 1. The van der Waals surface area contributed by atoms with Gasteiger partial charge in [-0.3, -0.25) is 8.74 Å².